The number of halogens is 1. The molecule has 3 aromatic rings. The zero-order valence-corrected chi connectivity index (χ0v) is 14.4. The maximum Gasteiger partial charge on any atom is 0.343 e. The van der Waals surface area contributed by atoms with E-state index in [1.165, 1.54) is 30.3 Å². The highest BCUT2D eigenvalue weighted by molar-refractivity contribution is 5.92. The molecule has 27 heavy (non-hydrogen) atoms. The van der Waals surface area contributed by atoms with Crippen molar-refractivity contribution in [1.82, 2.24) is 0 Å². The van der Waals surface area contributed by atoms with Crippen LogP contribution in [-0.2, 0) is 11.2 Å². The normalized spacial score (nSPS) is 10.3. The first-order valence-corrected chi connectivity index (χ1v) is 8.41. The molecule has 0 fully saturated rings. The second kappa shape index (κ2) is 8.76. The molecule has 0 aliphatic carbocycles. The van der Waals surface area contributed by atoms with Crippen molar-refractivity contribution in [3.63, 3.8) is 0 Å². The first kappa shape index (κ1) is 18.3. The smallest absolute Gasteiger partial charge is 0.343 e. The molecule has 0 heterocycles. The van der Waals surface area contributed by atoms with E-state index in [1.54, 1.807) is 18.2 Å². The number of ether oxygens (including phenoxy) is 2. The molecule has 0 radical (unpaired) electrons. The highest BCUT2D eigenvalue weighted by Crippen LogP contribution is 2.16. The molecule has 0 bridgehead atoms. The molecule has 0 saturated heterocycles. The van der Waals surface area contributed by atoms with E-state index >= 15 is 0 Å². The molecule has 0 unspecified atom stereocenters. The highest BCUT2D eigenvalue weighted by Gasteiger charge is 2.12. The first-order chi connectivity index (χ1) is 13.1. The third-order valence-electron chi connectivity index (χ3n) is 3.83. The van der Waals surface area contributed by atoms with Crippen LogP contribution < -0.4 is 4.74 Å². The van der Waals surface area contributed by atoms with Crippen LogP contribution in [-0.4, -0.2) is 18.5 Å². The molecule has 0 N–H and O–H groups in total. The van der Waals surface area contributed by atoms with Gasteiger partial charge in [-0.05, 0) is 48.0 Å². The molecule has 0 spiro atoms. The minimum Gasteiger partial charge on any atom is -0.462 e. The number of esters is 2. The van der Waals surface area contributed by atoms with Gasteiger partial charge in [-0.15, -0.1) is 0 Å². The predicted molar refractivity (Wildman–Crippen MR) is 98.2 cm³/mol. The fraction of sp³-hybridized carbons (Fsp3) is 0.0909. The lowest BCUT2D eigenvalue weighted by molar-refractivity contribution is 0.0507. The van der Waals surface area contributed by atoms with E-state index in [2.05, 4.69) is 0 Å². The summed E-state index contributed by atoms with van der Waals surface area (Å²) in [7, 11) is 0. The lowest BCUT2D eigenvalue weighted by Crippen LogP contribution is -2.11. The van der Waals surface area contributed by atoms with Crippen LogP contribution in [0.5, 0.6) is 5.75 Å². The molecular weight excluding hydrogens is 347 g/mol. The van der Waals surface area contributed by atoms with E-state index in [4.69, 9.17) is 9.47 Å². The average Bonchev–Trinajstić information content (AvgIpc) is 2.69. The van der Waals surface area contributed by atoms with Gasteiger partial charge in [0, 0.05) is 6.42 Å². The maximum atomic E-state index is 12.9. The van der Waals surface area contributed by atoms with Crippen LogP contribution in [0.2, 0.25) is 0 Å². The Morgan fingerprint density at radius 2 is 1.52 bits per heavy atom. The second-order valence-corrected chi connectivity index (χ2v) is 5.80. The van der Waals surface area contributed by atoms with Gasteiger partial charge in [0.1, 0.15) is 11.6 Å². The molecule has 0 amide bonds. The van der Waals surface area contributed by atoms with Crippen molar-refractivity contribution in [3.05, 3.63) is 101 Å². The average molecular weight is 364 g/mol. The summed E-state index contributed by atoms with van der Waals surface area (Å²) < 4.78 is 23.4. The van der Waals surface area contributed by atoms with Gasteiger partial charge in [0.2, 0.25) is 0 Å². The zero-order chi connectivity index (χ0) is 19.1. The summed E-state index contributed by atoms with van der Waals surface area (Å²) in [6.45, 7) is 0.252. The Labute approximate surface area is 156 Å². The van der Waals surface area contributed by atoms with Gasteiger partial charge in [-0.25, -0.2) is 14.0 Å². The van der Waals surface area contributed by atoms with Crippen LogP contribution in [0.1, 0.15) is 26.3 Å². The number of rotatable bonds is 6. The maximum absolute atomic E-state index is 12.9. The molecule has 4 nitrogen and oxygen atoms in total. The van der Waals surface area contributed by atoms with E-state index in [9.17, 15) is 14.0 Å². The van der Waals surface area contributed by atoms with Gasteiger partial charge in [0.05, 0.1) is 17.7 Å². The number of hydrogen-bond donors (Lipinski definition) is 0. The Morgan fingerprint density at radius 1 is 0.778 bits per heavy atom. The number of hydrogen-bond acceptors (Lipinski definition) is 4. The summed E-state index contributed by atoms with van der Waals surface area (Å²) in [4.78, 5) is 24.3. The van der Waals surface area contributed by atoms with E-state index < -0.39 is 17.8 Å². The van der Waals surface area contributed by atoms with E-state index in [0.29, 0.717) is 6.42 Å². The van der Waals surface area contributed by atoms with Crippen LogP contribution in [0.25, 0.3) is 0 Å². The van der Waals surface area contributed by atoms with Crippen LogP contribution >= 0.6 is 0 Å². The lowest BCUT2D eigenvalue weighted by atomic mass is 10.2. The summed E-state index contributed by atoms with van der Waals surface area (Å²) in [5.74, 6) is -1.36. The number of carbonyl (C=O) groups is 2. The summed E-state index contributed by atoms with van der Waals surface area (Å²) in [6, 6.07) is 20.9. The third kappa shape index (κ3) is 5.25. The quantitative estimate of drug-likeness (QED) is 0.479. The zero-order valence-electron chi connectivity index (χ0n) is 14.4. The second-order valence-electron chi connectivity index (χ2n) is 5.80. The van der Waals surface area contributed by atoms with Crippen LogP contribution in [0.4, 0.5) is 4.39 Å². The Bertz CT molecular complexity index is 921. The van der Waals surface area contributed by atoms with Crippen molar-refractivity contribution in [2.45, 2.75) is 6.42 Å². The molecule has 0 atom stereocenters. The molecule has 3 aromatic carbocycles. The van der Waals surface area contributed by atoms with Gasteiger partial charge < -0.3 is 9.47 Å². The molecule has 0 aromatic heterocycles. The van der Waals surface area contributed by atoms with Crippen molar-refractivity contribution in [2.24, 2.45) is 0 Å². The van der Waals surface area contributed by atoms with Crippen LogP contribution in [0, 0.1) is 5.82 Å². The Balaban J connectivity index is 1.58. The van der Waals surface area contributed by atoms with Crippen molar-refractivity contribution in [1.29, 1.82) is 0 Å². The van der Waals surface area contributed by atoms with Crippen molar-refractivity contribution >= 4 is 11.9 Å². The summed E-state index contributed by atoms with van der Waals surface area (Å²) in [6.07, 6.45) is 0.617. The van der Waals surface area contributed by atoms with Crippen molar-refractivity contribution in [2.75, 3.05) is 6.61 Å². The monoisotopic (exact) mass is 364 g/mol. The van der Waals surface area contributed by atoms with Crippen molar-refractivity contribution in [3.8, 4) is 5.75 Å². The topological polar surface area (TPSA) is 52.6 Å². The Morgan fingerprint density at radius 3 is 2.26 bits per heavy atom. The van der Waals surface area contributed by atoms with Gasteiger partial charge in [-0.3, -0.25) is 0 Å². The Kier molecular flexibility index (Phi) is 5.94. The first-order valence-electron chi connectivity index (χ1n) is 8.41. The third-order valence-corrected chi connectivity index (χ3v) is 3.83. The molecule has 0 aliphatic rings. The van der Waals surface area contributed by atoms with Gasteiger partial charge in [-0.2, -0.15) is 0 Å². The molecule has 3 rings (SSSR count). The van der Waals surface area contributed by atoms with E-state index in [1.807, 2.05) is 30.3 Å². The van der Waals surface area contributed by atoms with E-state index in [0.717, 1.165) is 5.56 Å². The van der Waals surface area contributed by atoms with Gasteiger partial charge in [0.15, 0.2) is 0 Å². The highest BCUT2D eigenvalue weighted by atomic mass is 19.1. The SMILES string of the molecule is O=C(OCCc1ccccc1)c1cccc(OC(=O)c2ccc(F)cc2)c1. The van der Waals surface area contributed by atoms with E-state index in [-0.39, 0.29) is 23.5 Å². The molecule has 0 aliphatic heterocycles. The van der Waals surface area contributed by atoms with Gasteiger partial charge >= 0.3 is 11.9 Å². The molecule has 5 heteroatoms. The molecular formula is C22H17FO4. The molecule has 0 saturated carbocycles. The molecule has 136 valence electrons. The minimum absolute atomic E-state index is 0.210. The Hall–Kier alpha value is -3.47. The van der Waals surface area contributed by atoms with Crippen LogP contribution in [0.3, 0.4) is 0 Å². The largest absolute Gasteiger partial charge is 0.462 e. The minimum atomic E-state index is -0.635. The van der Waals surface area contributed by atoms with Gasteiger partial charge in [-0.1, -0.05) is 36.4 Å². The predicted octanol–water partition coefficient (Wildman–Crippen LogP) is 4.44. The van der Waals surface area contributed by atoms with Crippen molar-refractivity contribution < 1.29 is 23.5 Å². The lowest BCUT2D eigenvalue weighted by Gasteiger charge is -2.08. The summed E-state index contributed by atoms with van der Waals surface area (Å²) in [5, 5.41) is 0. The number of carbonyl (C=O) groups excluding carboxylic acids is 2. The fourth-order valence-corrected chi connectivity index (χ4v) is 2.43. The fourth-order valence-electron chi connectivity index (χ4n) is 2.43. The summed E-state index contributed by atoms with van der Waals surface area (Å²) >= 11 is 0. The number of benzene rings is 3. The van der Waals surface area contributed by atoms with Gasteiger partial charge in [0.25, 0.3) is 0 Å². The summed E-state index contributed by atoms with van der Waals surface area (Å²) in [5.41, 5.74) is 1.58. The standard InChI is InChI=1S/C22H17FO4/c23-19-11-9-17(10-12-19)22(25)27-20-8-4-7-18(15-20)21(24)26-14-13-16-5-2-1-3-6-16/h1-12,15H,13-14H2. The van der Waals surface area contributed by atoms with Crippen LogP contribution in [0.15, 0.2) is 78.9 Å².